The number of rotatable bonds is 10. The fourth-order valence-corrected chi connectivity index (χ4v) is 5.72. The summed E-state index contributed by atoms with van der Waals surface area (Å²) in [5, 5.41) is 15.7. The lowest BCUT2D eigenvalue weighted by Gasteiger charge is -2.30. The molecule has 0 bridgehead atoms. The summed E-state index contributed by atoms with van der Waals surface area (Å²) in [6, 6.07) is 14.9. The highest BCUT2D eigenvalue weighted by molar-refractivity contribution is 7.09. The number of hydrogen-bond donors (Lipinski definition) is 1. The Kier molecular flexibility index (Phi) is 7.04. The van der Waals surface area contributed by atoms with Gasteiger partial charge in [-0.15, -0.1) is 16.4 Å². The van der Waals surface area contributed by atoms with Gasteiger partial charge in [-0.3, -0.25) is 9.69 Å². The summed E-state index contributed by atoms with van der Waals surface area (Å²) in [6.45, 7) is 2.29. The molecule has 0 unspecified atom stereocenters. The molecule has 0 radical (unpaired) electrons. The van der Waals surface area contributed by atoms with Crippen LogP contribution >= 0.6 is 11.3 Å². The molecule has 0 saturated carbocycles. The van der Waals surface area contributed by atoms with Crippen molar-refractivity contribution in [2.45, 2.75) is 44.6 Å². The van der Waals surface area contributed by atoms with Crippen LogP contribution in [-0.2, 0) is 24.4 Å². The smallest absolute Gasteiger partial charge is 0.253 e. The van der Waals surface area contributed by atoms with E-state index in [0.29, 0.717) is 36.8 Å². The van der Waals surface area contributed by atoms with E-state index >= 15 is 0 Å². The monoisotopic (exact) mass is 532 g/mol. The lowest BCUT2D eigenvalue weighted by atomic mass is 10.0. The van der Waals surface area contributed by atoms with Crippen molar-refractivity contribution < 1.29 is 13.9 Å². The van der Waals surface area contributed by atoms with Crippen LogP contribution in [0.4, 0.5) is 0 Å². The standard InChI is InChI=1S/C27H28N6O4S/c1-35-19-8-9-24-18(13-19)14-23(27(34)28-24)25(26-29-30-31-33(26)16-21-6-3-11-37-21)32(15-20-5-2-10-36-20)17-22-7-4-12-38-22/h2,4-5,7-10,12-14,21,25H,3,6,11,15-17H2,1H3,(H,28,34)/t21-,25+/m0/s1. The molecule has 5 heterocycles. The quantitative estimate of drug-likeness (QED) is 0.286. The molecular weight excluding hydrogens is 504 g/mol. The Balaban J connectivity index is 1.50. The first kappa shape index (κ1) is 24.5. The van der Waals surface area contributed by atoms with Crippen LogP contribution in [0.1, 0.15) is 40.9 Å². The van der Waals surface area contributed by atoms with Gasteiger partial charge < -0.3 is 18.9 Å². The van der Waals surface area contributed by atoms with Gasteiger partial charge in [0, 0.05) is 34.5 Å². The second-order valence-corrected chi connectivity index (χ2v) is 10.4. The summed E-state index contributed by atoms with van der Waals surface area (Å²) in [4.78, 5) is 20.0. The number of pyridine rings is 1. The van der Waals surface area contributed by atoms with Crippen LogP contribution < -0.4 is 10.3 Å². The van der Waals surface area contributed by atoms with Crippen LogP contribution in [-0.4, -0.2) is 49.9 Å². The van der Waals surface area contributed by atoms with Gasteiger partial charge in [0.15, 0.2) is 5.82 Å². The average molecular weight is 533 g/mol. The third kappa shape index (κ3) is 5.13. The fourth-order valence-electron chi connectivity index (χ4n) is 4.99. The van der Waals surface area contributed by atoms with Crippen LogP contribution in [0.15, 0.2) is 69.4 Å². The van der Waals surface area contributed by atoms with E-state index in [1.54, 1.807) is 29.4 Å². The van der Waals surface area contributed by atoms with E-state index in [2.05, 4.69) is 31.5 Å². The van der Waals surface area contributed by atoms with Crippen molar-refractivity contribution in [2.24, 2.45) is 0 Å². The predicted molar refractivity (Wildman–Crippen MR) is 142 cm³/mol. The van der Waals surface area contributed by atoms with Crippen molar-refractivity contribution >= 4 is 22.2 Å². The summed E-state index contributed by atoms with van der Waals surface area (Å²) < 4.78 is 18.8. The number of aromatic nitrogens is 5. The summed E-state index contributed by atoms with van der Waals surface area (Å²) in [5.41, 5.74) is 1.07. The lowest BCUT2D eigenvalue weighted by Crippen LogP contribution is -2.35. The van der Waals surface area contributed by atoms with E-state index in [0.717, 1.165) is 41.0 Å². The number of hydrogen-bond acceptors (Lipinski definition) is 9. The molecule has 0 amide bonds. The molecule has 4 aromatic heterocycles. The van der Waals surface area contributed by atoms with E-state index in [1.807, 2.05) is 47.8 Å². The van der Waals surface area contributed by atoms with Crippen LogP contribution in [0.3, 0.4) is 0 Å². The Morgan fingerprint density at radius 3 is 2.95 bits per heavy atom. The molecule has 2 atom stereocenters. The molecule has 5 aromatic rings. The topological polar surface area (TPSA) is 111 Å². The number of furan rings is 1. The van der Waals surface area contributed by atoms with E-state index < -0.39 is 6.04 Å². The zero-order chi connectivity index (χ0) is 25.9. The minimum atomic E-state index is -0.557. The molecule has 1 fully saturated rings. The maximum atomic E-state index is 13.7. The molecule has 38 heavy (non-hydrogen) atoms. The molecule has 1 aliphatic heterocycles. The van der Waals surface area contributed by atoms with Gasteiger partial charge in [0.05, 0.1) is 32.6 Å². The Labute approximate surface area is 222 Å². The minimum absolute atomic E-state index is 0.0351. The number of tetrazole rings is 1. The van der Waals surface area contributed by atoms with Crippen LogP contribution in [0.5, 0.6) is 5.75 Å². The van der Waals surface area contributed by atoms with Gasteiger partial charge in [0.1, 0.15) is 17.6 Å². The number of benzene rings is 1. The molecule has 1 N–H and O–H groups in total. The second-order valence-electron chi connectivity index (χ2n) is 9.33. The molecule has 1 saturated heterocycles. The number of aromatic amines is 1. The van der Waals surface area contributed by atoms with Gasteiger partial charge in [0.25, 0.3) is 5.56 Å². The molecule has 196 valence electrons. The molecule has 1 aliphatic rings. The molecule has 10 nitrogen and oxygen atoms in total. The molecule has 11 heteroatoms. The first-order valence-electron chi connectivity index (χ1n) is 12.6. The van der Waals surface area contributed by atoms with E-state index in [1.165, 1.54) is 0 Å². The summed E-state index contributed by atoms with van der Waals surface area (Å²) in [6.07, 6.45) is 3.66. The van der Waals surface area contributed by atoms with Gasteiger partial charge in [-0.2, -0.15) is 0 Å². The highest BCUT2D eigenvalue weighted by atomic mass is 32.1. The molecular formula is C27H28N6O4S. The predicted octanol–water partition coefficient (Wildman–Crippen LogP) is 4.15. The summed E-state index contributed by atoms with van der Waals surface area (Å²) in [5.74, 6) is 2.07. The van der Waals surface area contributed by atoms with Gasteiger partial charge in [-0.25, -0.2) is 4.68 Å². The lowest BCUT2D eigenvalue weighted by molar-refractivity contribution is 0.0901. The van der Waals surface area contributed by atoms with E-state index in [9.17, 15) is 4.79 Å². The summed E-state index contributed by atoms with van der Waals surface area (Å²) in [7, 11) is 1.63. The largest absolute Gasteiger partial charge is 0.497 e. The first-order chi connectivity index (χ1) is 18.7. The normalized spacial score (nSPS) is 16.4. The number of methoxy groups -OCH3 is 1. The average Bonchev–Trinajstić information content (AvgIpc) is 3.74. The summed E-state index contributed by atoms with van der Waals surface area (Å²) >= 11 is 1.66. The van der Waals surface area contributed by atoms with Gasteiger partial charge in [-0.05, 0) is 71.1 Å². The van der Waals surface area contributed by atoms with E-state index in [4.69, 9.17) is 13.9 Å². The zero-order valence-electron chi connectivity index (χ0n) is 20.9. The fraction of sp³-hybridized carbons (Fsp3) is 0.333. The SMILES string of the molecule is COc1ccc2[nH]c(=O)c([C@H](c3nnnn3C[C@@H]3CCCO3)N(Cc3ccco3)Cc3cccs3)cc2c1. The van der Waals surface area contributed by atoms with Gasteiger partial charge in [0.2, 0.25) is 0 Å². The molecule has 0 aliphatic carbocycles. The third-order valence-electron chi connectivity index (χ3n) is 6.82. The van der Waals surface area contributed by atoms with Crippen LogP contribution in [0, 0.1) is 0 Å². The number of ether oxygens (including phenoxy) is 2. The highest BCUT2D eigenvalue weighted by Gasteiger charge is 2.32. The first-order valence-corrected chi connectivity index (χ1v) is 13.4. The van der Waals surface area contributed by atoms with Gasteiger partial charge >= 0.3 is 0 Å². The highest BCUT2D eigenvalue weighted by Crippen LogP contribution is 2.32. The van der Waals surface area contributed by atoms with Crippen molar-refractivity contribution in [3.63, 3.8) is 0 Å². The number of nitrogens with one attached hydrogen (secondary N) is 1. The maximum absolute atomic E-state index is 13.7. The zero-order valence-corrected chi connectivity index (χ0v) is 21.8. The maximum Gasteiger partial charge on any atom is 0.253 e. The van der Waals surface area contributed by atoms with Crippen molar-refractivity contribution in [1.82, 2.24) is 30.1 Å². The Morgan fingerprint density at radius 1 is 1.24 bits per heavy atom. The van der Waals surface area contributed by atoms with Crippen molar-refractivity contribution in [1.29, 1.82) is 0 Å². The molecule has 1 aromatic carbocycles. The number of nitrogens with zero attached hydrogens (tertiary/aromatic N) is 5. The van der Waals surface area contributed by atoms with Crippen LogP contribution in [0.25, 0.3) is 10.9 Å². The van der Waals surface area contributed by atoms with Gasteiger partial charge in [-0.1, -0.05) is 6.07 Å². The Hall–Kier alpha value is -3.80. The Morgan fingerprint density at radius 2 is 2.18 bits per heavy atom. The minimum Gasteiger partial charge on any atom is -0.497 e. The van der Waals surface area contributed by atoms with Crippen molar-refractivity contribution in [2.75, 3.05) is 13.7 Å². The molecule has 0 spiro atoms. The third-order valence-corrected chi connectivity index (χ3v) is 7.68. The van der Waals surface area contributed by atoms with E-state index in [-0.39, 0.29) is 11.7 Å². The number of H-pyrrole nitrogens is 1. The van der Waals surface area contributed by atoms with Crippen molar-refractivity contribution in [3.05, 3.63) is 92.6 Å². The van der Waals surface area contributed by atoms with Crippen LogP contribution in [0.2, 0.25) is 0 Å². The van der Waals surface area contributed by atoms with Crippen molar-refractivity contribution in [3.8, 4) is 5.75 Å². The number of thiophene rings is 1. The molecule has 6 rings (SSSR count). The number of fused-ring (bicyclic) bond motifs is 1. The Bertz CT molecular complexity index is 1500. The second kappa shape index (κ2) is 10.9.